The third kappa shape index (κ3) is 2.63. The highest BCUT2D eigenvalue weighted by atomic mass is 35.5. The normalized spacial score (nSPS) is 12.6. The van der Waals surface area contributed by atoms with Crippen LogP contribution >= 0.6 is 11.6 Å². The molecule has 1 aromatic carbocycles. The Bertz CT molecular complexity index is 323. The quantitative estimate of drug-likeness (QED) is 0.838. The van der Waals surface area contributed by atoms with Gasteiger partial charge in [0.25, 0.3) is 0 Å². The van der Waals surface area contributed by atoms with Gasteiger partial charge in [0, 0.05) is 11.1 Å². The van der Waals surface area contributed by atoms with Crippen LogP contribution in [-0.4, -0.2) is 13.2 Å². The molecule has 14 heavy (non-hydrogen) atoms. The number of hydrogen-bond acceptors (Lipinski definition) is 2. The van der Waals surface area contributed by atoms with E-state index in [1.165, 1.54) is 0 Å². The lowest BCUT2D eigenvalue weighted by atomic mass is 10.0. The Hall–Kier alpha value is -0.730. The first-order valence-electron chi connectivity index (χ1n) is 4.63. The highest BCUT2D eigenvalue weighted by molar-refractivity contribution is 6.31. The summed E-state index contributed by atoms with van der Waals surface area (Å²) in [5.74, 6) is 0.788. The van der Waals surface area contributed by atoms with Crippen LogP contribution < -0.4 is 10.5 Å². The summed E-state index contributed by atoms with van der Waals surface area (Å²) in [5, 5.41) is 0.736. The summed E-state index contributed by atoms with van der Waals surface area (Å²) in [5.41, 5.74) is 8.00. The Morgan fingerprint density at radius 2 is 2.14 bits per heavy atom. The minimum absolute atomic E-state index is 0.136. The van der Waals surface area contributed by atoms with Gasteiger partial charge in [-0.1, -0.05) is 11.6 Å². The molecule has 3 heteroatoms. The van der Waals surface area contributed by atoms with E-state index in [1.807, 2.05) is 26.0 Å². The standard InChI is InChI=1S/C11H16ClNO/c1-7(13)4-9-5-10(14-3)6-11(12)8(9)2/h5-7H,4,13H2,1-3H3. The maximum absolute atomic E-state index is 6.06. The molecule has 78 valence electrons. The van der Waals surface area contributed by atoms with Crippen molar-refractivity contribution >= 4 is 11.6 Å². The SMILES string of the molecule is COc1cc(Cl)c(C)c(CC(C)N)c1. The second-order valence-corrected chi connectivity index (χ2v) is 3.98. The van der Waals surface area contributed by atoms with E-state index in [4.69, 9.17) is 22.1 Å². The minimum Gasteiger partial charge on any atom is -0.497 e. The van der Waals surface area contributed by atoms with Crippen LogP contribution in [0.5, 0.6) is 5.75 Å². The Morgan fingerprint density at radius 3 is 2.64 bits per heavy atom. The summed E-state index contributed by atoms with van der Waals surface area (Å²) < 4.78 is 5.15. The van der Waals surface area contributed by atoms with Crippen molar-refractivity contribution in [2.24, 2.45) is 5.73 Å². The second-order valence-electron chi connectivity index (χ2n) is 3.57. The number of methoxy groups -OCH3 is 1. The van der Waals surface area contributed by atoms with Crippen molar-refractivity contribution in [3.63, 3.8) is 0 Å². The van der Waals surface area contributed by atoms with Gasteiger partial charge in [-0.2, -0.15) is 0 Å². The van der Waals surface area contributed by atoms with Gasteiger partial charge in [-0.15, -0.1) is 0 Å². The molecule has 0 aliphatic carbocycles. The predicted octanol–water partition coefficient (Wildman–Crippen LogP) is 2.55. The Labute approximate surface area is 90.0 Å². The number of ether oxygens (including phenoxy) is 1. The summed E-state index contributed by atoms with van der Waals surface area (Å²) in [6.07, 6.45) is 0.822. The van der Waals surface area contributed by atoms with Gasteiger partial charge in [-0.25, -0.2) is 0 Å². The largest absolute Gasteiger partial charge is 0.497 e. The maximum atomic E-state index is 6.06. The third-order valence-corrected chi connectivity index (χ3v) is 2.60. The Morgan fingerprint density at radius 1 is 1.50 bits per heavy atom. The van der Waals surface area contributed by atoms with Crippen LogP contribution in [0.1, 0.15) is 18.1 Å². The first-order chi connectivity index (χ1) is 6.54. The van der Waals surface area contributed by atoms with Gasteiger partial charge in [-0.3, -0.25) is 0 Å². The molecular weight excluding hydrogens is 198 g/mol. The number of benzene rings is 1. The van der Waals surface area contributed by atoms with Gasteiger partial charge in [-0.05, 0) is 43.5 Å². The number of rotatable bonds is 3. The van der Waals surface area contributed by atoms with E-state index < -0.39 is 0 Å². The van der Waals surface area contributed by atoms with Crippen LogP contribution in [0.3, 0.4) is 0 Å². The van der Waals surface area contributed by atoms with E-state index in [1.54, 1.807) is 7.11 Å². The summed E-state index contributed by atoms with van der Waals surface area (Å²) in [6, 6.07) is 3.95. The molecule has 0 amide bonds. The van der Waals surface area contributed by atoms with E-state index in [9.17, 15) is 0 Å². The first kappa shape index (κ1) is 11.3. The van der Waals surface area contributed by atoms with E-state index in [2.05, 4.69) is 0 Å². The average Bonchev–Trinajstić information content (AvgIpc) is 2.11. The van der Waals surface area contributed by atoms with Crippen LogP contribution in [0, 0.1) is 6.92 Å². The molecule has 0 radical (unpaired) electrons. The summed E-state index contributed by atoms with van der Waals surface area (Å²) in [7, 11) is 1.64. The maximum Gasteiger partial charge on any atom is 0.120 e. The molecule has 0 saturated heterocycles. The zero-order valence-electron chi connectivity index (χ0n) is 8.80. The summed E-state index contributed by atoms with van der Waals surface area (Å²) in [6.45, 7) is 3.98. The van der Waals surface area contributed by atoms with Crippen molar-refractivity contribution < 1.29 is 4.74 Å². The molecule has 1 aromatic rings. The van der Waals surface area contributed by atoms with Gasteiger partial charge in [0.15, 0.2) is 0 Å². The molecule has 2 N–H and O–H groups in total. The van der Waals surface area contributed by atoms with Crippen LogP contribution in [0.4, 0.5) is 0 Å². The minimum atomic E-state index is 0.136. The lowest BCUT2D eigenvalue weighted by Crippen LogP contribution is -2.18. The van der Waals surface area contributed by atoms with Crippen molar-refractivity contribution in [2.75, 3.05) is 7.11 Å². The van der Waals surface area contributed by atoms with Crippen molar-refractivity contribution in [3.8, 4) is 5.75 Å². The lowest BCUT2D eigenvalue weighted by Gasteiger charge is -2.12. The highest BCUT2D eigenvalue weighted by Crippen LogP contribution is 2.26. The molecule has 0 heterocycles. The fourth-order valence-electron chi connectivity index (χ4n) is 1.38. The van der Waals surface area contributed by atoms with Gasteiger partial charge in [0.05, 0.1) is 7.11 Å². The smallest absolute Gasteiger partial charge is 0.120 e. The average molecular weight is 214 g/mol. The molecule has 0 aliphatic heterocycles. The molecule has 0 spiro atoms. The molecule has 0 saturated carbocycles. The van der Waals surface area contributed by atoms with Crippen LogP contribution in [0.15, 0.2) is 12.1 Å². The summed E-state index contributed by atoms with van der Waals surface area (Å²) >= 11 is 6.06. The lowest BCUT2D eigenvalue weighted by molar-refractivity contribution is 0.414. The Balaban J connectivity index is 3.07. The van der Waals surface area contributed by atoms with Crippen molar-refractivity contribution in [1.82, 2.24) is 0 Å². The monoisotopic (exact) mass is 213 g/mol. The fraction of sp³-hybridized carbons (Fsp3) is 0.455. The molecule has 0 fully saturated rings. The molecule has 1 rings (SSSR count). The first-order valence-corrected chi connectivity index (χ1v) is 5.01. The fourth-order valence-corrected chi connectivity index (χ4v) is 1.61. The number of nitrogens with two attached hydrogens (primary N) is 1. The number of hydrogen-bond donors (Lipinski definition) is 1. The number of halogens is 1. The molecule has 0 aliphatic rings. The molecule has 1 atom stereocenters. The van der Waals surface area contributed by atoms with E-state index >= 15 is 0 Å². The van der Waals surface area contributed by atoms with Gasteiger partial charge in [0.2, 0.25) is 0 Å². The predicted molar refractivity (Wildman–Crippen MR) is 60.1 cm³/mol. The van der Waals surface area contributed by atoms with Gasteiger partial charge >= 0.3 is 0 Å². The molecule has 0 aromatic heterocycles. The van der Waals surface area contributed by atoms with Crippen molar-refractivity contribution in [1.29, 1.82) is 0 Å². The topological polar surface area (TPSA) is 35.2 Å². The van der Waals surface area contributed by atoms with E-state index in [-0.39, 0.29) is 6.04 Å². The van der Waals surface area contributed by atoms with Gasteiger partial charge < -0.3 is 10.5 Å². The molecule has 0 bridgehead atoms. The van der Waals surface area contributed by atoms with Crippen LogP contribution in [0.2, 0.25) is 5.02 Å². The molecule has 2 nitrogen and oxygen atoms in total. The van der Waals surface area contributed by atoms with Crippen molar-refractivity contribution in [3.05, 3.63) is 28.3 Å². The molecular formula is C11H16ClNO. The van der Waals surface area contributed by atoms with E-state index in [0.717, 1.165) is 28.3 Å². The zero-order chi connectivity index (χ0) is 10.7. The summed E-state index contributed by atoms with van der Waals surface area (Å²) in [4.78, 5) is 0. The van der Waals surface area contributed by atoms with E-state index in [0.29, 0.717) is 0 Å². The van der Waals surface area contributed by atoms with Crippen molar-refractivity contribution in [2.45, 2.75) is 26.3 Å². The Kier molecular flexibility index (Phi) is 3.78. The highest BCUT2D eigenvalue weighted by Gasteiger charge is 2.07. The third-order valence-electron chi connectivity index (χ3n) is 2.20. The van der Waals surface area contributed by atoms with Crippen LogP contribution in [-0.2, 0) is 6.42 Å². The van der Waals surface area contributed by atoms with Gasteiger partial charge in [0.1, 0.15) is 5.75 Å². The second kappa shape index (κ2) is 4.67. The van der Waals surface area contributed by atoms with Crippen LogP contribution in [0.25, 0.3) is 0 Å². The zero-order valence-corrected chi connectivity index (χ0v) is 9.56. The molecule has 1 unspecified atom stereocenters.